The molecule has 0 heterocycles. The van der Waals surface area contributed by atoms with Crippen molar-refractivity contribution in [1.29, 1.82) is 0 Å². The van der Waals surface area contributed by atoms with Gasteiger partial charge in [-0.15, -0.1) is 0 Å². The molecule has 0 saturated carbocycles. The van der Waals surface area contributed by atoms with Crippen LogP contribution < -0.4 is 5.73 Å². The molecule has 1 atom stereocenters. The number of likely N-dealkylation sites (N-methyl/N-ethyl adjacent to an activating group) is 1. The Labute approximate surface area is 89.9 Å². The molecular formula is C12H28N2. The maximum atomic E-state index is 5.61. The molecule has 2 nitrogen and oxygen atoms in total. The van der Waals surface area contributed by atoms with Crippen LogP contribution in [0.2, 0.25) is 0 Å². The SMILES string of the molecule is CCCCC(C)(CCC)N(C)CCN. The van der Waals surface area contributed by atoms with Crippen LogP contribution in [0.1, 0.15) is 52.9 Å². The predicted octanol–water partition coefficient (Wildman–Crippen LogP) is 2.63. The summed E-state index contributed by atoms with van der Waals surface area (Å²) in [6.07, 6.45) is 6.45. The highest BCUT2D eigenvalue weighted by atomic mass is 15.2. The number of hydrogen-bond acceptors (Lipinski definition) is 2. The van der Waals surface area contributed by atoms with Crippen molar-refractivity contribution < 1.29 is 0 Å². The first-order valence-electron chi connectivity index (χ1n) is 6.02. The first kappa shape index (κ1) is 13.9. The fourth-order valence-corrected chi connectivity index (χ4v) is 2.07. The van der Waals surface area contributed by atoms with Gasteiger partial charge in [-0.05, 0) is 26.8 Å². The van der Waals surface area contributed by atoms with Crippen LogP contribution in [0.5, 0.6) is 0 Å². The van der Waals surface area contributed by atoms with Crippen molar-refractivity contribution in [2.45, 2.75) is 58.4 Å². The van der Waals surface area contributed by atoms with Crippen molar-refractivity contribution in [3.8, 4) is 0 Å². The van der Waals surface area contributed by atoms with E-state index in [1.165, 1.54) is 32.1 Å². The molecule has 0 spiro atoms. The van der Waals surface area contributed by atoms with Gasteiger partial charge < -0.3 is 5.73 Å². The fraction of sp³-hybridized carbons (Fsp3) is 1.00. The molecule has 0 rings (SSSR count). The minimum atomic E-state index is 0.365. The van der Waals surface area contributed by atoms with E-state index < -0.39 is 0 Å². The van der Waals surface area contributed by atoms with E-state index in [0.29, 0.717) is 5.54 Å². The zero-order valence-corrected chi connectivity index (χ0v) is 10.5. The second-order valence-electron chi connectivity index (χ2n) is 4.56. The molecule has 2 heteroatoms. The summed E-state index contributed by atoms with van der Waals surface area (Å²) in [6.45, 7) is 8.68. The first-order chi connectivity index (χ1) is 6.60. The fourth-order valence-electron chi connectivity index (χ4n) is 2.07. The summed E-state index contributed by atoms with van der Waals surface area (Å²) < 4.78 is 0. The van der Waals surface area contributed by atoms with E-state index in [9.17, 15) is 0 Å². The molecule has 0 amide bonds. The minimum Gasteiger partial charge on any atom is -0.329 e. The Balaban J connectivity index is 4.19. The van der Waals surface area contributed by atoms with Gasteiger partial charge in [0.2, 0.25) is 0 Å². The Hall–Kier alpha value is -0.0800. The van der Waals surface area contributed by atoms with Crippen LogP contribution >= 0.6 is 0 Å². The van der Waals surface area contributed by atoms with Crippen LogP contribution in [-0.2, 0) is 0 Å². The number of rotatable bonds is 8. The standard InChI is InChI=1S/C12H28N2/c1-5-7-9-12(3,8-6-2)14(4)11-10-13/h5-11,13H2,1-4H3. The van der Waals surface area contributed by atoms with E-state index in [4.69, 9.17) is 5.73 Å². The summed E-state index contributed by atoms with van der Waals surface area (Å²) >= 11 is 0. The maximum absolute atomic E-state index is 5.61. The molecular weight excluding hydrogens is 172 g/mol. The molecule has 0 fully saturated rings. The quantitative estimate of drug-likeness (QED) is 0.652. The third kappa shape index (κ3) is 4.43. The summed E-state index contributed by atoms with van der Waals surface area (Å²) in [5, 5.41) is 0. The van der Waals surface area contributed by atoms with Gasteiger partial charge in [0.15, 0.2) is 0 Å². The molecule has 2 N–H and O–H groups in total. The molecule has 14 heavy (non-hydrogen) atoms. The molecule has 1 unspecified atom stereocenters. The molecule has 0 bridgehead atoms. The number of unbranched alkanes of at least 4 members (excludes halogenated alkanes) is 1. The average molecular weight is 200 g/mol. The normalized spacial score (nSPS) is 15.9. The van der Waals surface area contributed by atoms with Gasteiger partial charge >= 0.3 is 0 Å². The molecule has 0 aromatic rings. The van der Waals surface area contributed by atoms with Crippen LogP contribution in [-0.4, -0.2) is 30.6 Å². The molecule has 0 radical (unpaired) electrons. The highest BCUT2D eigenvalue weighted by molar-refractivity contribution is 4.83. The number of hydrogen-bond donors (Lipinski definition) is 1. The van der Waals surface area contributed by atoms with Gasteiger partial charge in [0.1, 0.15) is 0 Å². The largest absolute Gasteiger partial charge is 0.329 e. The second kappa shape index (κ2) is 7.24. The van der Waals surface area contributed by atoms with Gasteiger partial charge in [0, 0.05) is 18.6 Å². The smallest absolute Gasteiger partial charge is 0.0178 e. The summed E-state index contributed by atoms with van der Waals surface area (Å²) in [5.41, 5.74) is 5.97. The van der Waals surface area contributed by atoms with Crippen LogP contribution in [0.3, 0.4) is 0 Å². The van der Waals surface area contributed by atoms with Crippen molar-refractivity contribution >= 4 is 0 Å². The van der Waals surface area contributed by atoms with Crippen LogP contribution in [0.25, 0.3) is 0 Å². The number of nitrogens with zero attached hydrogens (tertiary/aromatic N) is 1. The first-order valence-corrected chi connectivity index (χ1v) is 6.02. The Morgan fingerprint density at radius 3 is 2.21 bits per heavy atom. The minimum absolute atomic E-state index is 0.365. The lowest BCUT2D eigenvalue weighted by molar-refractivity contribution is 0.116. The Morgan fingerprint density at radius 1 is 1.14 bits per heavy atom. The summed E-state index contributed by atoms with van der Waals surface area (Å²) in [5.74, 6) is 0. The van der Waals surface area contributed by atoms with Crippen LogP contribution in [0.4, 0.5) is 0 Å². The molecule has 86 valence electrons. The monoisotopic (exact) mass is 200 g/mol. The zero-order valence-electron chi connectivity index (χ0n) is 10.5. The van der Waals surface area contributed by atoms with Gasteiger partial charge in [-0.2, -0.15) is 0 Å². The lowest BCUT2D eigenvalue weighted by Gasteiger charge is -2.39. The highest BCUT2D eigenvalue weighted by Crippen LogP contribution is 2.25. The molecule has 0 aliphatic carbocycles. The Kier molecular flexibility index (Phi) is 7.20. The Morgan fingerprint density at radius 2 is 1.79 bits per heavy atom. The van der Waals surface area contributed by atoms with Crippen molar-refractivity contribution in [2.75, 3.05) is 20.1 Å². The zero-order chi connectivity index (χ0) is 11.0. The van der Waals surface area contributed by atoms with E-state index in [-0.39, 0.29) is 0 Å². The van der Waals surface area contributed by atoms with E-state index in [2.05, 4.69) is 32.7 Å². The lowest BCUT2D eigenvalue weighted by Crippen LogP contribution is -2.45. The molecule has 0 aromatic heterocycles. The molecule has 0 aromatic carbocycles. The van der Waals surface area contributed by atoms with E-state index in [1.807, 2.05) is 0 Å². The summed E-state index contributed by atoms with van der Waals surface area (Å²) in [6, 6.07) is 0. The van der Waals surface area contributed by atoms with Crippen molar-refractivity contribution in [1.82, 2.24) is 4.90 Å². The number of nitrogens with two attached hydrogens (primary N) is 1. The second-order valence-corrected chi connectivity index (χ2v) is 4.56. The van der Waals surface area contributed by atoms with E-state index >= 15 is 0 Å². The topological polar surface area (TPSA) is 29.3 Å². The molecule has 0 aliphatic rings. The average Bonchev–Trinajstić information content (AvgIpc) is 2.15. The van der Waals surface area contributed by atoms with Crippen LogP contribution in [0.15, 0.2) is 0 Å². The third-order valence-corrected chi connectivity index (χ3v) is 3.24. The van der Waals surface area contributed by atoms with Crippen molar-refractivity contribution in [2.24, 2.45) is 5.73 Å². The van der Waals surface area contributed by atoms with E-state index in [1.54, 1.807) is 0 Å². The van der Waals surface area contributed by atoms with Gasteiger partial charge in [-0.25, -0.2) is 0 Å². The van der Waals surface area contributed by atoms with E-state index in [0.717, 1.165) is 13.1 Å². The van der Waals surface area contributed by atoms with Gasteiger partial charge in [-0.1, -0.05) is 33.1 Å². The van der Waals surface area contributed by atoms with Gasteiger partial charge in [0.25, 0.3) is 0 Å². The molecule has 0 saturated heterocycles. The lowest BCUT2D eigenvalue weighted by atomic mass is 9.88. The van der Waals surface area contributed by atoms with Crippen molar-refractivity contribution in [3.63, 3.8) is 0 Å². The maximum Gasteiger partial charge on any atom is 0.0178 e. The Bertz CT molecular complexity index is 136. The third-order valence-electron chi connectivity index (χ3n) is 3.24. The van der Waals surface area contributed by atoms with Crippen LogP contribution in [0, 0.1) is 0 Å². The van der Waals surface area contributed by atoms with Crippen molar-refractivity contribution in [3.05, 3.63) is 0 Å². The van der Waals surface area contributed by atoms with Gasteiger partial charge in [-0.3, -0.25) is 4.90 Å². The molecule has 0 aliphatic heterocycles. The predicted molar refractivity (Wildman–Crippen MR) is 64.5 cm³/mol. The van der Waals surface area contributed by atoms with Gasteiger partial charge in [0.05, 0.1) is 0 Å². The summed E-state index contributed by atoms with van der Waals surface area (Å²) in [7, 11) is 2.21. The highest BCUT2D eigenvalue weighted by Gasteiger charge is 2.26. The summed E-state index contributed by atoms with van der Waals surface area (Å²) in [4.78, 5) is 2.44.